The Labute approximate surface area is 156 Å². The average molecular weight is 380 g/mol. The highest BCUT2D eigenvalue weighted by Crippen LogP contribution is 2.31. The maximum absolute atomic E-state index is 12.9. The van der Waals surface area contributed by atoms with E-state index in [0.29, 0.717) is 24.7 Å². The first-order valence-corrected chi connectivity index (χ1v) is 11.0. The Hall–Kier alpha value is -1.44. The van der Waals surface area contributed by atoms with Crippen molar-refractivity contribution in [1.29, 1.82) is 0 Å². The zero-order chi connectivity index (χ0) is 18.7. The number of aryl methyl sites for hydroxylation is 1. The molecule has 0 radical (unpaired) electrons. The molecule has 1 atom stereocenters. The quantitative estimate of drug-likeness (QED) is 0.820. The molecule has 3 rings (SSSR count). The monoisotopic (exact) mass is 379 g/mol. The predicted molar refractivity (Wildman–Crippen MR) is 103 cm³/mol. The number of amides is 1. The third-order valence-electron chi connectivity index (χ3n) is 5.65. The third-order valence-corrected chi connectivity index (χ3v) is 7.13. The number of sulfonamides is 1. The van der Waals surface area contributed by atoms with E-state index in [1.807, 2.05) is 6.07 Å². The topological polar surface area (TPSA) is 92.5 Å². The normalized spacial score (nSPS) is 19.8. The molecule has 6 nitrogen and oxygen atoms in total. The van der Waals surface area contributed by atoms with Gasteiger partial charge in [0.25, 0.3) is 0 Å². The minimum Gasteiger partial charge on any atom is -0.329 e. The first-order chi connectivity index (χ1) is 12.4. The van der Waals surface area contributed by atoms with Crippen LogP contribution >= 0.6 is 0 Å². The Morgan fingerprint density at radius 3 is 2.65 bits per heavy atom. The van der Waals surface area contributed by atoms with Gasteiger partial charge in [0.05, 0.1) is 4.90 Å². The highest BCUT2D eigenvalue weighted by molar-refractivity contribution is 7.89. The number of hydrogen-bond donors (Lipinski definition) is 2. The summed E-state index contributed by atoms with van der Waals surface area (Å²) in [6.07, 6.45) is 7.28. The van der Waals surface area contributed by atoms with Crippen molar-refractivity contribution < 1.29 is 13.2 Å². The van der Waals surface area contributed by atoms with E-state index in [1.54, 1.807) is 17.0 Å². The standard InChI is InChI=1S/C19H29N3O3S/c1-14(23)22-11-5-8-16-9-10-17(12-19(16)22)26(24,25)21-18(13-20)15-6-3-2-4-7-15/h9-10,12,15,18,21H,2-8,11,13,20H2,1H3. The van der Waals surface area contributed by atoms with Crippen LogP contribution in [-0.4, -0.2) is 33.5 Å². The molecule has 0 bridgehead atoms. The zero-order valence-corrected chi connectivity index (χ0v) is 16.2. The Balaban J connectivity index is 1.84. The van der Waals surface area contributed by atoms with Gasteiger partial charge in [-0.25, -0.2) is 13.1 Å². The van der Waals surface area contributed by atoms with Crippen molar-refractivity contribution in [2.75, 3.05) is 18.0 Å². The Morgan fingerprint density at radius 1 is 1.27 bits per heavy atom. The fourth-order valence-corrected chi connectivity index (χ4v) is 5.53. The van der Waals surface area contributed by atoms with Gasteiger partial charge in [0.2, 0.25) is 15.9 Å². The highest BCUT2D eigenvalue weighted by Gasteiger charge is 2.29. The lowest BCUT2D eigenvalue weighted by molar-refractivity contribution is -0.116. The summed E-state index contributed by atoms with van der Waals surface area (Å²) in [6.45, 7) is 2.45. The number of hydrogen-bond acceptors (Lipinski definition) is 4. The molecular formula is C19H29N3O3S. The summed E-state index contributed by atoms with van der Waals surface area (Å²) in [5.41, 5.74) is 7.62. The number of fused-ring (bicyclic) bond motifs is 1. The van der Waals surface area contributed by atoms with E-state index in [-0.39, 0.29) is 16.8 Å². The number of benzene rings is 1. The molecule has 0 aromatic heterocycles. The van der Waals surface area contributed by atoms with E-state index in [2.05, 4.69) is 4.72 Å². The molecule has 1 aliphatic heterocycles. The van der Waals surface area contributed by atoms with Crippen molar-refractivity contribution in [2.24, 2.45) is 11.7 Å². The van der Waals surface area contributed by atoms with Gasteiger partial charge in [0.1, 0.15) is 0 Å². The van der Waals surface area contributed by atoms with Crippen LogP contribution in [0.2, 0.25) is 0 Å². The molecule has 26 heavy (non-hydrogen) atoms. The molecule has 1 aromatic rings. The highest BCUT2D eigenvalue weighted by atomic mass is 32.2. The van der Waals surface area contributed by atoms with Crippen LogP contribution in [0, 0.1) is 5.92 Å². The first-order valence-electron chi connectivity index (χ1n) is 9.56. The minimum absolute atomic E-state index is 0.0597. The fourth-order valence-electron chi connectivity index (χ4n) is 4.19. The molecule has 3 N–H and O–H groups in total. The van der Waals surface area contributed by atoms with Gasteiger partial charge in [-0.05, 0) is 49.3 Å². The summed E-state index contributed by atoms with van der Waals surface area (Å²) in [5, 5.41) is 0. The van der Waals surface area contributed by atoms with E-state index in [1.165, 1.54) is 13.3 Å². The van der Waals surface area contributed by atoms with E-state index in [0.717, 1.165) is 44.1 Å². The molecule has 0 spiro atoms. The lowest BCUT2D eigenvalue weighted by Gasteiger charge is -2.31. The summed E-state index contributed by atoms with van der Waals surface area (Å²) in [6, 6.07) is 4.86. The van der Waals surface area contributed by atoms with Gasteiger partial charge in [-0.15, -0.1) is 0 Å². The van der Waals surface area contributed by atoms with Gasteiger partial charge in [0.15, 0.2) is 0 Å². The lowest BCUT2D eigenvalue weighted by atomic mass is 9.84. The van der Waals surface area contributed by atoms with E-state index >= 15 is 0 Å². The van der Waals surface area contributed by atoms with Crippen LogP contribution in [0.5, 0.6) is 0 Å². The van der Waals surface area contributed by atoms with Crippen molar-refractivity contribution in [2.45, 2.75) is 62.8 Å². The molecule has 1 aromatic carbocycles. The van der Waals surface area contributed by atoms with Gasteiger partial charge in [-0.2, -0.15) is 0 Å². The van der Waals surface area contributed by atoms with Gasteiger partial charge >= 0.3 is 0 Å². The molecule has 1 amide bonds. The Morgan fingerprint density at radius 2 is 2.00 bits per heavy atom. The van der Waals surface area contributed by atoms with Gasteiger partial charge in [0, 0.05) is 31.7 Å². The zero-order valence-electron chi connectivity index (χ0n) is 15.4. The maximum atomic E-state index is 12.9. The van der Waals surface area contributed by atoms with Crippen LogP contribution in [0.25, 0.3) is 0 Å². The maximum Gasteiger partial charge on any atom is 0.240 e. The largest absolute Gasteiger partial charge is 0.329 e. The van der Waals surface area contributed by atoms with Crippen molar-refractivity contribution in [3.8, 4) is 0 Å². The number of anilines is 1. The average Bonchev–Trinajstić information content (AvgIpc) is 2.65. The number of nitrogens with one attached hydrogen (secondary N) is 1. The summed E-state index contributed by atoms with van der Waals surface area (Å²) in [7, 11) is -3.67. The van der Waals surface area contributed by atoms with Crippen molar-refractivity contribution in [3.05, 3.63) is 23.8 Å². The fraction of sp³-hybridized carbons (Fsp3) is 0.632. The van der Waals surface area contributed by atoms with Crippen LogP contribution in [0.4, 0.5) is 5.69 Å². The minimum atomic E-state index is -3.67. The van der Waals surface area contributed by atoms with Crippen LogP contribution in [-0.2, 0) is 21.2 Å². The number of nitrogens with zero attached hydrogens (tertiary/aromatic N) is 1. The summed E-state index contributed by atoms with van der Waals surface area (Å²) >= 11 is 0. The number of carbonyl (C=O) groups is 1. The molecule has 1 heterocycles. The van der Waals surface area contributed by atoms with Crippen molar-refractivity contribution >= 4 is 21.6 Å². The van der Waals surface area contributed by atoms with Gasteiger partial charge < -0.3 is 10.6 Å². The SMILES string of the molecule is CC(=O)N1CCCc2ccc(S(=O)(=O)NC(CN)C3CCCCC3)cc21. The van der Waals surface area contributed by atoms with Gasteiger partial charge in [-0.1, -0.05) is 25.3 Å². The van der Waals surface area contributed by atoms with Crippen LogP contribution < -0.4 is 15.4 Å². The van der Waals surface area contributed by atoms with Gasteiger partial charge in [-0.3, -0.25) is 4.79 Å². The molecule has 1 fully saturated rings. The Kier molecular flexibility index (Phi) is 5.99. The van der Waals surface area contributed by atoms with Crippen molar-refractivity contribution in [3.63, 3.8) is 0 Å². The van der Waals surface area contributed by atoms with Crippen molar-refractivity contribution in [1.82, 2.24) is 4.72 Å². The first kappa shape index (κ1) is 19.3. The van der Waals surface area contributed by atoms with Crippen LogP contribution in [0.1, 0.15) is 51.0 Å². The number of rotatable bonds is 5. The van der Waals surface area contributed by atoms with E-state index in [4.69, 9.17) is 5.73 Å². The summed E-state index contributed by atoms with van der Waals surface area (Å²) in [4.78, 5) is 13.8. The van der Waals surface area contributed by atoms with Crippen LogP contribution in [0.15, 0.2) is 23.1 Å². The molecule has 1 unspecified atom stereocenters. The summed E-state index contributed by atoms with van der Waals surface area (Å²) in [5.74, 6) is 0.241. The van der Waals surface area contributed by atoms with Crippen LogP contribution in [0.3, 0.4) is 0 Å². The molecule has 2 aliphatic rings. The molecule has 1 aliphatic carbocycles. The molecule has 1 saturated carbocycles. The summed E-state index contributed by atoms with van der Waals surface area (Å²) < 4.78 is 28.7. The smallest absolute Gasteiger partial charge is 0.240 e. The Bertz CT molecular complexity index is 757. The second-order valence-electron chi connectivity index (χ2n) is 7.43. The third kappa shape index (κ3) is 4.10. The van der Waals surface area contributed by atoms with E-state index in [9.17, 15) is 13.2 Å². The second kappa shape index (κ2) is 8.06. The number of nitrogens with two attached hydrogens (primary N) is 1. The molecule has 0 saturated heterocycles. The molecule has 7 heteroatoms. The second-order valence-corrected chi connectivity index (χ2v) is 9.14. The lowest BCUT2D eigenvalue weighted by Crippen LogP contribution is -2.45. The molecule has 144 valence electrons. The number of carbonyl (C=O) groups excluding carboxylic acids is 1. The van der Waals surface area contributed by atoms with E-state index < -0.39 is 10.0 Å². The predicted octanol–water partition coefficient (Wildman–Crippen LogP) is 2.17. The molecular weight excluding hydrogens is 350 g/mol.